The first-order valence-corrected chi connectivity index (χ1v) is 7.45. The van der Waals surface area contributed by atoms with Gasteiger partial charge in [0.2, 0.25) is 5.91 Å². The van der Waals surface area contributed by atoms with Gasteiger partial charge in [0, 0.05) is 12.1 Å². The van der Waals surface area contributed by atoms with Crippen molar-refractivity contribution in [3.8, 4) is 11.5 Å². The fraction of sp³-hybridized carbons (Fsp3) is 0.467. The molecule has 2 aromatic rings. The van der Waals surface area contributed by atoms with Gasteiger partial charge in [-0.05, 0) is 41.5 Å². The molecular formula is C15H19N5O3. The molecule has 0 saturated carbocycles. The van der Waals surface area contributed by atoms with E-state index in [0.717, 1.165) is 29.9 Å². The molecule has 0 radical (unpaired) electrons. The van der Waals surface area contributed by atoms with Gasteiger partial charge in [-0.2, -0.15) is 0 Å². The summed E-state index contributed by atoms with van der Waals surface area (Å²) in [6, 6.07) is 5.64. The second kappa shape index (κ2) is 6.64. The summed E-state index contributed by atoms with van der Waals surface area (Å²) < 4.78 is 12.2. The molecule has 0 unspecified atom stereocenters. The first kappa shape index (κ1) is 15.3. The third-order valence-corrected chi connectivity index (χ3v) is 4.06. The number of benzene rings is 1. The van der Waals surface area contributed by atoms with Crippen LogP contribution in [0.1, 0.15) is 24.4 Å². The van der Waals surface area contributed by atoms with Crippen molar-refractivity contribution in [3.63, 3.8) is 0 Å². The minimum absolute atomic E-state index is 0.00956. The number of hydrogen-bond donors (Lipinski definition) is 0. The molecule has 1 amide bonds. The number of tetrazole rings is 1. The summed E-state index contributed by atoms with van der Waals surface area (Å²) >= 11 is 0. The van der Waals surface area contributed by atoms with Gasteiger partial charge in [-0.3, -0.25) is 4.79 Å². The number of rotatable bonds is 5. The van der Waals surface area contributed by atoms with Crippen LogP contribution in [0.2, 0.25) is 0 Å². The topological polar surface area (TPSA) is 82.4 Å². The molecule has 0 aliphatic carbocycles. The lowest BCUT2D eigenvalue weighted by Gasteiger charge is -2.26. The van der Waals surface area contributed by atoms with E-state index >= 15 is 0 Å². The highest BCUT2D eigenvalue weighted by Crippen LogP contribution is 2.38. The van der Waals surface area contributed by atoms with Crippen molar-refractivity contribution in [3.05, 3.63) is 30.1 Å². The SMILES string of the molecule is COc1ccc(OC)c([C@@H]2CCCN2C(=O)Cn2cnnn2)c1. The van der Waals surface area contributed by atoms with Crippen molar-refractivity contribution in [1.82, 2.24) is 25.1 Å². The third-order valence-electron chi connectivity index (χ3n) is 4.06. The Morgan fingerprint density at radius 2 is 2.22 bits per heavy atom. The van der Waals surface area contributed by atoms with Crippen LogP contribution in [0.25, 0.3) is 0 Å². The summed E-state index contributed by atoms with van der Waals surface area (Å²) in [5.41, 5.74) is 0.967. The molecule has 0 spiro atoms. The average molecular weight is 317 g/mol. The molecular weight excluding hydrogens is 298 g/mol. The van der Waals surface area contributed by atoms with Crippen molar-refractivity contribution >= 4 is 5.91 Å². The maximum absolute atomic E-state index is 12.6. The summed E-state index contributed by atoms with van der Waals surface area (Å²) in [7, 11) is 3.26. The maximum Gasteiger partial charge on any atom is 0.244 e. The van der Waals surface area contributed by atoms with E-state index < -0.39 is 0 Å². The molecule has 3 rings (SSSR count). The number of ether oxygens (including phenoxy) is 2. The molecule has 1 saturated heterocycles. The summed E-state index contributed by atoms with van der Waals surface area (Å²) in [4.78, 5) is 14.4. The highest BCUT2D eigenvalue weighted by molar-refractivity contribution is 5.77. The van der Waals surface area contributed by atoms with Crippen LogP contribution >= 0.6 is 0 Å². The molecule has 1 aromatic carbocycles. The van der Waals surface area contributed by atoms with Crippen LogP contribution in [0.5, 0.6) is 11.5 Å². The number of carbonyl (C=O) groups is 1. The van der Waals surface area contributed by atoms with Gasteiger partial charge < -0.3 is 14.4 Å². The quantitative estimate of drug-likeness (QED) is 0.820. The standard InChI is InChI=1S/C15H19N5O3/c1-22-11-5-6-14(23-2)12(8-11)13-4-3-7-20(13)15(21)9-19-10-16-17-18-19/h5-6,8,10,13H,3-4,7,9H2,1-2H3/t13-/m0/s1. The second-order valence-electron chi connectivity index (χ2n) is 5.36. The Labute approximate surface area is 134 Å². The highest BCUT2D eigenvalue weighted by atomic mass is 16.5. The van der Waals surface area contributed by atoms with Gasteiger partial charge in [0.15, 0.2) is 0 Å². The van der Waals surface area contributed by atoms with Crippen LogP contribution in [0.4, 0.5) is 0 Å². The Morgan fingerprint density at radius 3 is 2.91 bits per heavy atom. The van der Waals surface area contributed by atoms with E-state index in [-0.39, 0.29) is 18.5 Å². The summed E-state index contributed by atoms with van der Waals surface area (Å²) in [5, 5.41) is 10.9. The fourth-order valence-corrected chi connectivity index (χ4v) is 2.97. The Balaban J connectivity index is 1.85. The number of likely N-dealkylation sites (tertiary alicyclic amines) is 1. The number of nitrogens with zero attached hydrogens (tertiary/aromatic N) is 5. The molecule has 23 heavy (non-hydrogen) atoms. The molecule has 122 valence electrons. The highest BCUT2D eigenvalue weighted by Gasteiger charge is 2.32. The van der Waals surface area contributed by atoms with Gasteiger partial charge in [0.05, 0.1) is 20.3 Å². The van der Waals surface area contributed by atoms with Gasteiger partial charge in [0.1, 0.15) is 24.4 Å². The maximum atomic E-state index is 12.6. The number of hydrogen-bond acceptors (Lipinski definition) is 6. The van der Waals surface area contributed by atoms with Crippen LogP contribution in [0.3, 0.4) is 0 Å². The van der Waals surface area contributed by atoms with Gasteiger partial charge in [0.25, 0.3) is 0 Å². The number of amides is 1. The Hall–Kier alpha value is -2.64. The average Bonchev–Trinajstić information content (AvgIpc) is 3.25. The lowest BCUT2D eigenvalue weighted by atomic mass is 10.0. The largest absolute Gasteiger partial charge is 0.497 e. The summed E-state index contributed by atoms with van der Waals surface area (Å²) in [6.45, 7) is 0.849. The zero-order valence-electron chi connectivity index (χ0n) is 13.2. The van der Waals surface area contributed by atoms with E-state index in [2.05, 4.69) is 15.5 Å². The van der Waals surface area contributed by atoms with Gasteiger partial charge >= 0.3 is 0 Å². The molecule has 1 aromatic heterocycles. The molecule has 2 heterocycles. The zero-order valence-corrected chi connectivity index (χ0v) is 13.2. The van der Waals surface area contributed by atoms with E-state index in [1.165, 1.54) is 11.0 Å². The second-order valence-corrected chi connectivity index (χ2v) is 5.36. The van der Waals surface area contributed by atoms with Gasteiger partial charge in [-0.15, -0.1) is 5.10 Å². The molecule has 8 heteroatoms. The number of aromatic nitrogens is 4. The molecule has 1 atom stereocenters. The van der Waals surface area contributed by atoms with Crippen LogP contribution in [0, 0.1) is 0 Å². The Bertz CT molecular complexity index is 674. The predicted molar refractivity (Wildman–Crippen MR) is 81.1 cm³/mol. The first-order chi connectivity index (χ1) is 11.2. The van der Waals surface area contributed by atoms with E-state index in [0.29, 0.717) is 6.54 Å². The van der Waals surface area contributed by atoms with Crippen molar-refractivity contribution in [1.29, 1.82) is 0 Å². The molecule has 0 N–H and O–H groups in total. The minimum Gasteiger partial charge on any atom is -0.497 e. The fourth-order valence-electron chi connectivity index (χ4n) is 2.97. The Morgan fingerprint density at radius 1 is 1.35 bits per heavy atom. The van der Waals surface area contributed by atoms with Crippen LogP contribution in [-0.4, -0.2) is 51.8 Å². The molecule has 1 aliphatic heterocycles. The molecule has 1 aliphatic rings. The summed E-state index contributed by atoms with van der Waals surface area (Å²) in [5.74, 6) is 1.50. The lowest BCUT2D eigenvalue weighted by Crippen LogP contribution is -2.33. The van der Waals surface area contributed by atoms with E-state index in [1.54, 1.807) is 14.2 Å². The number of methoxy groups -OCH3 is 2. The van der Waals surface area contributed by atoms with Crippen molar-refractivity contribution < 1.29 is 14.3 Å². The van der Waals surface area contributed by atoms with E-state index in [9.17, 15) is 4.79 Å². The first-order valence-electron chi connectivity index (χ1n) is 7.45. The zero-order chi connectivity index (χ0) is 16.2. The lowest BCUT2D eigenvalue weighted by molar-refractivity contribution is -0.133. The van der Waals surface area contributed by atoms with Gasteiger partial charge in [-0.25, -0.2) is 4.68 Å². The third kappa shape index (κ3) is 3.10. The smallest absolute Gasteiger partial charge is 0.244 e. The molecule has 0 bridgehead atoms. The van der Waals surface area contributed by atoms with E-state index in [4.69, 9.17) is 9.47 Å². The van der Waals surface area contributed by atoms with Gasteiger partial charge in [-0.1, -0.05) is 0 Å². The normalized spacial score (nSPS) is 17.3. The van der Waals surface area contributed by atoms with Crippen LogP contribution in [-0.2, 0) is 11.3 Å². The molecule has 8 nitrogen and oxygen atoms in total. The van der Waals surface area contributed by atoms with Crippen LogP contribution < -0.4 is 9.47 Å². The van der Waals surface area contributed by atoms with Crippen molar-refractivity contribution in [2.45, 2.75) is 25.4 Å². The van der Waals surface area contributed by atoms with Crippen molar-refractivity contribution in [2.24, 2.45) is 0 Å². The Kier molecular flexibility index (Phi) is 4.40. The summed E-state index contributed by atoms with van der Waals surface area (Å²) in [6.07, 6.45) is 3.28. The number of carbonyl (C=O) groups excluding carboxylic acids is 1. The van der Waals surface area contributed by atoms with Crippen molar-refractivity contribution in [2.75, 3.05) is 20.8 Å². The molecule has 1 fully saturated rings. The minimum atomic E-state index is -0.0240. The van der Waals surface area contributed by atoms with E-state index in [1.807, 2.05) is 23.1 Å². The monoisotopic (exact) mass is 317 g/mol. The predicted octanol–water partition coefficient (Wildman–Crippen LogP) is 1.05. The van der Waals surface area contributed by atoms with Crippen LogP contribution in [0.15, 0.2) is 24.5 Å².